The monoisotopic (exact) mass is 364 g/mol. The molecule has 2 saturated heterocycles. The van der Waals surface area contributed by atoms with Crippen LogP contribution in [0.1, 0.15) is 12.8 Å². The molecular weight excluding hydrogens is 344 g/mol. The van der Waals surface area contributed by atoms with Crippen molar-refractivity contribution in [2.24, 2.45) is 0 Å². The van der Waals surface area contributed by atoms with Crippen LogP contribution in [-0.2, 0) is 4.79 Å². The Bertz CT molecular complexity index is 903. The van der Waals surface area contributed by atoms with Gasteiger partial charge in [-0.3, -0.25) is 9.69 Å². The lowest BCUT2D eigenvalue weighted by molar-refractivity contribution is -0.114. The minimum atomic E-state index is -0.372. The second-order valence-electron chi connectivity index (χ2n) is 6.52. The van der Waals surface area contributed by atoms with E-state index in [1.807, 2.05) is 12.1 Å². The van der Waals surface area contributed by atoms with Crippen molar-refractivity contribution in [2.45, 2.75) is 12.8 Å². The third-order valence-corrected chi connectivity index (χ3v) is 4.70. The van der Waals surface area contributed by atoms with Crippen molar-refractivity contribution in [1.29, 1.82) is 5.41 Å². The average molecular weight is 364 g/mol. The fraction of sp³-hybridized carbons (Fsp3) is 0.263. The van der Waals surface area contributed by atoms with E-state index in [1.165, 1.54) is 36.2 Å². The molecule has 2 aliphatic rings. The van der Waals surface area contributed by atoms with Gasteiger partial charge in [0.25, 0.3) is 5.91 Å². The summed E-state index contributed by atoms with van der Waals surface area (Å²) in [6.45, 7) is 2.14. The Labute approximate surface area is 156 Å². The second kappa shape index (κ2) is 7.06. The lowest BCUT2D eigenvalue weighted by atomic mass is 10.2. The fourth-order valence-corrected chi connectivity index (χ4v) is 3.27. The zero-order chi connectivity index (χ0) is 18.8. The van der Waals surface area contributed by atoms with Crippen molar-refractivity contribution in [3.05, 3.63) is 48.4 Å². The van der Waals surface area contributed by atoms with Crippen molar-refractivity contribution in [3.63, 3.8) is 0 Å². The van der Waals surface area contributed by atoms with Crippen LogP contribution in [0, 0.1) is 5.41 Å². The molecule has 3 N–H and O–H groups in total. The number of nitrogens with one attached hydrogen (secondary N) is 2. The summed E-state index contributed by atoms with van der Waals surface area (Å²) in [6, 6.07) is 6.91. The second-order valence-corrected chi connectivity index (χ2v) is 6.52. The molecule has 0 atom stereocenters. The van der Waals surface area contributed by atoms with Crippen LogP contribution in [0.25, 0.3) is 0 Å². The number of hydrogen-bond acceptors (Lipinski definition) is 7. The molecule has 8 nitrogen and oxygen atoms in total. The molecule has 27 heavy (non-hydrogen) atoms. The Hall–Kier alpha value is -3.42. The molecule has 0 aliphatic carbocycles. The first-order chi connectivity index (χ1) is 13.1. The van der Waals surface area contributed by atoms with Gasteiger partial charge in [-0.15, -0.1) is 0 Å². The minimum absolute atomic E-state index is 0.0725. The van der Waals surface area contributed by atoms with Gasteiger partial charge < -0.3 is 20.7 Å². The normalized spacial score (nSPS) is 18.6. The molecule has 8 heteroatoms. The molecule has 0 saturated carbocycles. The van der Waals surface area contributed by atoms with Gasteiger partial charge in [-0.25, -0.2) is 9.97 Å². The summed E-state index contributed by atoms with van der Waals surface area (Å²) in [7, 11) is 0. The highest BCUT2D eigenvalue weighted by atomic mass is 16.3. The Kier molecular flexibility index (Phi) is 4.45. The van der Waals surface area contributed by atoms with Gasteiger partial charge >= 0.3 is 0 Å². The number of carbonyl (C=O) groups is 1. The van der Waals surface area contributed by atoms with Gasteiger partial charge in [-0.05, 0) is 37.1 Å². The van der Waals surface area contributed by atoms with Crippen LogP contribution in [0.3, 0.4) is 0 Å². The summed E-state index contributed by atoms with van der Waals surface area (Å²) in [5.74, 6) is 0.650. The van der Waals surface area contributed by atoms with Crippen LogP contribution in [0.4, 0.5) is 17.3 Å². The van der Waals surface area contributed by atoms with E-state index in [1.54, 1.807) is 12.3 Å². The Morgan fingerprint density at radius 1 is 1.19 bits per heavy atom. The molecule has 2 aliphatic heterocycles. The number of carbonyl (C=O) groups excluding carboxylic acids is 1. The van der Waals surface area contributed by atoms with E-state index in [4.69, 9.17) is 5.41 Å². The summed E-state index contributed by atoms with van der Waals surface area (Å²) < 4.78 is 0. The first kappa shape index (κ1) is 17.0. The maximum absolute atomic E-state index is 12.6. The van der Waals surface area contributed by atoms with Crippen LogP contribution < -0.4 is 15.1 Å². The van der Waals surface area contributed by atoms with Crippen LogP contribution in [0.2, 0.25) is 0 Å². The molecule has 138 valence electrons. The van der Waals surface area contributed by atoms with Gasteiger partial charge in [-0.1, -0.05) is 0 Å². The number of aromatic nitrogens is 2. The standard InChI is InChI=1S/C19H20N6O2/c20-15-12-25(18-16(26)4-3-7-21-18)19(27)14(15)11-22-13-5-6-17(23-10-13)24-8-1-2-9-24/h3-7,10-11,20,22,26H,1-2,8-9,12H2/b14-11+,20-15?. The summed E-state index contributed by atoms with van der Waals surface area (Å²) >= 11 is 0. The third kappa shape index (κ3) is 3.33. The lowest BCUT2D eigenvalue weighted by Gasteiger charge is -2.16. The average Bonchev–Trinajstić information content (AvgIpc) is 3.30. The summed E-state index contributed by atoms with van der Waals surface area (Å²) in [6.07, 6.45) is 7.12. The van der Waals surface area contributed by atoms with E-state index in [0.717, 1.165) is 24.6 Å². The summed E-state index contributed by atoms with van der Waals surface area (Å²) in [5, 5.41) is 21.0. The van der Waals surface area contributed by atoms with Gasteiger partial charge in [0.1, 0.15) is 5.82 Å². The van der Waals surface area contributed by atoms with Crippen molar-refractivity contribution in [1.82, 2.24) is 9.97 Å². The number of hydrogen-bond donors (Lipinski definition) is 3. The van der Waals surface area contributed by atoms with Crippen molar-refractivity contribution in [2.75, 3.05) is 34.8 Å². The maximum Gasteiger partial charge on any atom is 0.263 e. The molecule has 4 rings (SSSR count). The van der Waals surface area contributed by atoms with Gasteiger partial charge in [0, 0.05) is 25.5 Å². The lowest BCUT2D eigenvalue weighted by Crippen LogP contribution is -2.26. The van der Waals surface area contributed by atoms with Crippen molar-refractivity contribution in [3.8, 4) is 5.75 Å². The molecule has 0 aromatic carbocycles. The highest BCUT2D eigenvalue weighted by Gasteiger charge is 2.34. The highest BCUT2D eigenvalue weighted by molar-refractivity contribution is 6.32. The van der Waals surface area contributed by atoms with Crippen LogP contribution in [0.5, 0.6) is 5.75 Å². The van der Waals surface area contributed by atoms with E-state index in [2.05, 4.69) is 20.2 Å². The Morgan fingerprint density at radius 2 is 2.00 bits per heavy atom. The molecule has 1 amide bonds. The molecule has 0 spiro atoms. The van der Waals surface area contributed by atoms with E-state index < -0.39 is 0 Å². The van der Waals surface area contributed by atoms with Gasteiger partial charge in [0.05, 0.1) is 29.7 Å². The number of nitrogens with zero attached hydrogens (tertiary/aromatic N) is 4. The first-order valence-corrected chi connectivity index (χ1v) is 8.85. The first-order valence-electron chi connectivity index (χ1n) is 8.85. The zero-order valence-electron chi connectivity index (χ0n) is 14.7. The Balaban J connectivity index is 1.48. The smallest absolute Gasteiger partial charge is 0.263 e. The quantitative estimate of drug-likeness (QED) is 0.718. The molecule has 4 heterocycles. The van der Waals surface area contributed by atoms with Crippen molar-refractivity contribution < 1.29 is 9.90 Å². The molecule has 0 unspecified atom stereocenters. The Morgan fingerprint density at radius 3 is 2.70 bits per heavy atom. The van der Waals surface area contributed by atoms with E-state index in [9.17, 15) is 9.90 Å². The zero-order valence-corrected chi connectivity index (χ0v) is 14.7. The van der Waals surface area contributed by atoms with E-state index >= 15 is 0 Å². The third-order valence-electron chi connectivity index (χ3n) is 4.70. The number of rotatable bonds is 4. The largest absolute Gasteiger partial charge is 0.504 e. The van der Waals surface area contributed by atoms with E-state index in [-0.39, 0.29) is 35.3 Å². The fourth-order valence-electron chi connectivity index (χ4n) is 3.27. The maximum atomic E-state index is 12.6. The molecule has 0 bridgehead atoms. The van der Waals surface area contributed by atoms with Gasteiger partial charge in [0.2, 0.25) is 0 Å². The molecule has 2 aromatic rings. The number of amides is 1. The topological polar surface area (TPSA) is 105 Å². The predicted octanol–water partition coefficient (Wildman–Crippen LogP) is 2.14. The number of anilines is 3. The van der Waals surface area contributed by atoms with Gasteiger partial charge in [0.15, 0.2) is 11.6 Å². The van der Waals surface area contributed by atoms with Gasteiger partial charge in [-0.2, -0.15) is 0 Å². The van der Waals surface area contributed by atoms with E-state index in [0.29, 0.717) is 0 Å². The molecule has 2 fully saturated rings. The minimum Gasteiger partial charge on any atom is -0.504 e. The number of aromatic hydroxyl groups is 1. The van der Waals surface area contributed by atoms with Crippen LogP contribution in [-0.4, -0.2) is 46.3 Å². The highest BCUT2D eigenvalue weighted by Crippen LogP contribution is 2.28. The summed E-state index contributed by atoms with van der Waals surface area (Å²) in [4.78, 5) is 24.7. The van der Waals surface area contributed by atoms with Crippen molar-refractivity contribution >= 4 is 28.9 Å². The SMILES string of the molecule is N=C1CN(c2ncccc2O)C(=O)/C1=C/Nc1ccc(N2CCCC2)nc1. The molecule has 0 radical (unpaired) electrons. The van der Waals surface area contributed by atoms with Crippen LogP contribution in [0.15, 0.2) is 48.4 Å². The molecule has 2 aromatic heterocycles. The summed E-state index contributed by atoms with van der Waals surface area (Å²) in [5.41, 5.74) is 1.15. The predicted molar refractivity (Wildman–Crippen MR) is 103 cm³/mol. The molecular formula is C19H20N6O2. The van der Waals surface area contributed by atoms with Crippen LogP contribution >= 0.6 is 0 Å². The number of pyridine rings is 2.